The summed E-state index contributed by atoms with van der Waals surface area (Å²) < 4.78 is 28.5. The van der Waals surface area contributed by atoms with E-state index in [1.165, 1.54) is 6.07 Å². The molecule has 0 aliphatic carbocycles. The summed E-state index contributed by atoms with van der Waals surface area (Å²) in [6, 6.07) is 12.0. The Balaban J connectivity index is 1.82. The monoisotopic (exact) mass is 340 g/mol. The van der Waals surface area contributed by atoms with E-state index in [0.717, 1.165) is 5.69 Å². The van der Waals surface area contributed by atoms with E-state index >= 15 is 0 Å². The SMILES string of the molecule is O=S([O-])c1ccc(Oc2cccnc2)cc1CNc1ccncc1. The smallest absolute Gasteiger partial charge is 0.145 e. The lowest BCUT2D eigenvalue weighted by atomic mass is 10.2. The summed E-state index contributed by atoms with van der Waals surface area (Å²) in [5.74, 6) is 1.13. The fourth-order valence-electron chi connectivity index (χ4n) is 2.13. The Morgan fingerprint density at radius 2 is 1.88 bits per heavy atom. The number of nitrogens with zero attached hydrogens (tertiary/aromatic N) is 2. The molecule has 3 rings (SSSR count). The van der Waals surface area contributed by atoms with Crippen molar-refractivity contribution in [2.45, 2.75) is 11.4 Å². The summed E-state index contributed by atoms with van der Waals surface area (Å²) in [5, 5.41) is 3.17. The van der Waals surface area contributed by atoms with Crippen LogP contribution < -0.4 is 10.1 Å². The van der Waals surface area contributed by atoms with Crippen molar-refractivity contribution >= 4 is 16.8 Å². The highest BCUT2D eigenvalue weighted by Gasteiger charge is 2.07. The highest BCUT2D eigenvalue weighted by molar-refractivity contribution is 7.79. The zero-order chi connectivity index (χ0) is 16.8. The molecule has 0 saturated heterocycles. The number of benzene rings is 1. The normalized spacial score (nSPS) is 11.7. The van der Waals surface area contributed by atoms with Gasteiger partial charge in [-0.25, -0.2) is 0 Å². The first-order chi connectivity index (χ1) is 11.7. The third kappa shape index (κ3) is 4.15. The van der Waals surface area contributed by atoms with Gasteiger partial charge in [0.2, 0.25) is 0 Å². The molecular formula is C17H14N3O3S-. The van der Waals surface area contributed by atoms with Gasteiger partial charge >= 0.3 is 0 Å². The maximum atomic E-state index is 11.4. The first kappa shape index (κ1) is 16.1. The molecule has 1 aromatic carbocycles. The Bertz CT molecular complexity index is 829. The maximum absolute atomic E-state index is 11.4. The molecule has 1 atom stereocenters. The van der Waals surface area contributed by atoms with Crippen molar-refractivity contribution in [3.63, 3.8) is 0 Å². The van der Waals surface area contributed by atoms with Crippen LogP contribution in [-0.2, 0) is 17.6 Å². The van der Waals surface area contributed by atoms with E-state index in [0.29, 0.717) is 23.6 Å². The molecule has 122 valence electrons. The molecule has 6 nitrogen and oxygen atoms in total. The van der Waals surface area contributed by atoms with Crippen molar-refractivity contribution in [1.29, 1.82) is 0 Å². The number of nitrogens with one attached hydrogen (secondary N) is 1. The van der Waals surface area contributed by atoms with E-state index in [2.05, 4.69) is 15.3 Å². The van der Waals surface area contributed by atoms with Crippen LogP contribution in [0.3, 0.4) is 0 Å². The lowest BCUT2D eigenvalue weighted by Gasteiger charge is -2.15. The Morgan fingerprint density at radius 1 is 1.04 bits per heavy atom. The lowest BCUT2D eigenvalue weighted by Crippen LogP contribution is -2.04. The van der Waals surface area contributed by atoms with Crippen LogP contribution >= 0.6 is 0 Å². The molecule has 0 saturated carbocycles. The van der Waals surface area contributed by atoms with Gasteiger partial charge in [0.15, 0.2) is 0 Å². The van der Waals surface area contributed by atoms with Crippen molar-refractivity contribution in [3.05, 3.63) is 72.8 Å². The zero-order valence-corrected chi connectivity index (χ0v) is 13.4. The maximum Gasteiger partial charge on any atom is 0.145 e. The first-order valence-electron chi connectivity index (χ1n) is 7.16. The summed E-state index contributed by atoms with van der Waals surface area (Å²) >= 11 is -2.32. The fraction of sp³-hybridized carbons (Fsp3) is 0.0588. The molecule has 7 heteroatoms. The topological polar surface area (TPSA) is 87.2 Å². The van der Waals surface area contributed by atoms with Gasteiger partial charge in [0.25, 0.3) is 0 Å². The van der Waals surface area contributed by atoms with Crippen LogP contribution in [0.2, 0.25) is 0 Å². The number of rotatable bonds is 6. The predicted octanol–water partition coefficient (Wildman–Crippen LogP) is 3.12. The molecule has 0 fully saturated rings. The second kappa shape index (κ2) is 7.67. The van der Waals surface area contributed by atoms with Crippen LogP contribution in [-0.4, -0.2) is 18.7 Å². The second-order valence-corrected chi connectivity index (χ2v) is 5.79. The van der Waals surface area contributed by atoms with Gasteiger partial charge in [-0.15, -0.1) is 0 Å². The minimum absolute atomic E-state index is 0.232. The molecule has 0 amide bonds. The van der Waals surface area contributed by atoms with E-state index in [1.807, 2.05) is 12.1 Å². The largest absolute Gasteiger partial charge is 0.768 e. The van der Waals surface area contributed by atoms with Crippen molar-refractivity contribution in [2.75, 3.05) is 5.32 Å². The molecule has 2 heterocycles. The Hall–Kier alpha value is -2.77. The van der Waals surface area contributed by atoms with Crippen LogP contribution in [0, 0.1) is 0 Å². The van der Waals surface area contributed by atoms with Crippen molar-refractivity contribution in [3.8, 4) is 11.5 Å². The average molecular weight is 340 g/mol. The summed E-state index contributed by atoms with van der Waals surface area (Å²) in [6.45, 7) is 0.345. The van der Waals surface area contributed by atoms with Gasteiger partial charge in [-0.3, -0.25) is 14.2 Å². The van der Waals surface area contributed by atoms with Crippen LogP contribution in [0.5, 0.6) is 11.5 Å². The lowest BCUT2D eigenvalue weighted by molar-refractivity contribution is 0.478. The molecule has 1 unspecified atom stereocenters. The van der Waals surface area contributed by atoms with Crippen LogP contribution in [0.4, 0.5) is 5.69 Å². The van der Waals surface area contributed by atoms with Gasteiger partial charge < -0.3 is 14.6 Å². The van der Waals surface area contributed by atoms with E-state index in [4.69, 9.17) is 4.74 Å². The van der Waals surface area contributed by atoms with Crippen molar-refractivity contribution in [1.82, 2.24) is 9.97 Å². The molecule has 0 radical (unpaired) electrons. The third-order valence-corrected chi connectivity index (χ3v) is 4.00. The van der Waals surface area contributed by atoms with E-state index < -0.39 is 11.1 Å². The fourth-order valence-corrected chi connectivity index (χ4v) is 2.65. The van der Waals surface area contributed by atoms with Crippen molar-refractivity contribution in [2.24, 2.45) is 0 Å². The van der Waals surface area contributed by atoms with Gasteiger partial charge in [0.05, 0.1) is 6.20 Å². The number of pyridine rings is 2. The second-order valence-electron chi connectivity index (χ2n) is 4.88. The molecule has 2 aromatic heterocycles. The summed E-state index contributed by atoms with van der Waals surface area (Å²) in [4.78, 5) is 8.16. The Labute approximate surface area is 141 Å². The number of aromatic nitrogens is 2. The Kier molecular flexibility index (Phi) is 5.15. The van der Waals surface area contributed by atoms with Crippen LogP contribution in [0.15, 0.2) is 72.1 Å². The number of ether oxygens (including phenoxy) is 1. The van der Waals surface area contributed by atoms with Crippen LogP contribution in [0.25, 0.3) is 0 Å². The van der Waals surface area contributed by atoms with Crippen molar-refractivity contribution < 1.29 is 13.5 Å². The molecule has 0 aliphatic heterocycles. The predicted molar refractivity (Wildman–Crippen MR) is 89.5 cm³/mol. The third-order valence-electron chi connectivity index (χ3n) is 3.24. The van der Waals surface area contributed by atoms with Gasteiger partial charge in [-0.2, -0.15) is 0 Å². The van der Waals surface area contributed by atoms with Gasteiger partial charge in [0, 0.05) is 35.7 Å². The summed E-state index contributed by atoms with van der Waals surface area (Å²) in [7, 11) is 0. The minimum Gasteiger partial charge on any atom is -0.768 e. The average Bonchev–Trinajstić information content (AvgIpc) is 2.61. The molecule has 0 spiro atoms. The molecule has 1 N–H and O–H groups in total. The van der Waals surface area contributed by atoms with E-state index in [9.17, 15) is 8.76 Å². The first-order valence-corrected chi connectivity index (χ1v) is 8.24. The van der Waals surface area contributed by atoms with Gasteiger partial charge in [0.1, 0.15) is 11.5 Å². The number of anilines is 1. The molecule has 0 aliphatic rings. The minimum atomic E-state index is -2.32. The zero-order valence-electron chi connectivity index (χ0n) is 12.6. The Morgan fingerprint density at radius 3 is 2.58 bits per heavy atom. The van der Waals surface area contributed by atoms with Gasteiger partial charge in [-0.1, -0.05) is 0 Å². The summed E-state index contributed by atoms with van der Waals surface area (Å²) in [6.07, 6.45) is 6.57. The standard InChI is InChI=1S/C17H15N3O3S/c21-24(22)17-4-3-15(23-16-2-1-7-19-12-16)10-13(17)11-20-14-5-8-18-9-6-14/h1-10,12H,11H2,(H,18,20)(H,21,22)/p-1. The highest BCUT2D eigenvalue weighted by Crippen LogP contribution is 2.25. The summed E-state index contributed by atoms with van der Waals surface area (Å²) in [5.41, 5.74) is 1.47. The van der Waals surface area contributed by atoms with E-state index in [-0.39, 0.29) is 4.90 Å². The quantitative estimate of drug-likeness (QED) is 0.694. The van der Waals surface area contributed by atoms with Gasteiger partial charge in [-0.05, 0) is 59.1 Å². The van der Waals surface area contributed by atoms with E-state index in [1.54, 1.807) is 49.1 Å². The molecular weight excluding hydrogens is 326 g/mol. The van der Waals surface area contributed by atoms with Crippen LogP contribution in [0.1, 0.15) is 5.56 Å². The molecule has 3 aromatic rings. The number of hydrogen-bond acceptors (Lipinski definition) is 6. The molecule has 24 heavy (non-hydrogen) atoms. The highest BCUT2D eigenvalue weighted by atomic mass is 32.2. The number of hydrogen-bond donors (Lipinski definition) is 1. The molecule has 0 bridgehead atoms.